The average molecular weight is 391 g/mol. The molecule has 1 N–H and O–H groups in total. The van der Waals surface area contributed by atoms with Crippen LogP contribution in [0.2, 0.25) is 0 Å². The maximum absolute atomic E-state index is 5.54. The van der Waals surface area contributed by atoms with Crippen LogP contribution >= 0.6 is 15.9 Å². The molecular formula is C19H23BrN2O2. The van der Waals surface area contributed by atoms with Crippen molar-refractivity contribution in [3.05, 3.63) is 57.6 Å². The molecule has 0 radical (unpaired) electrons. The second-order valence-electron chi connectivity index (χ2n) is 6.21. The number of halogens is 1. The Morgan fingerprint density at radius 3 is 2.33 bits per heavy atom. The molecule has 2 aromatic carbocycles. The lowest BCUT2D eigenvalue weighted by atomic mass is 9.92. The van der Waals surface area contributed by atoms with Gasteiger partial charge in [0, 0.05) is 17.6 Å². The van der Waals surface area contributed by atoms with Crippen LogP contribution in [0.15, 0.2) is 40.9 Å². The van der Waals surface area contributed by atoms with Crippen molar-refractivity contribution in [3.8, 4) is 11.5 Å². The zero-order valence-corrected chi connectivity index (χ0v) is 16.1. The van der Waals surface area contributed by atoms with Crippen LogP contribution in [0.5, 0.6) is 11.5 Å². The van der Waals surface area contributed by atoms with Crippen molar-refractivity contribution in [3.63, 3.8) is 0 Å². The molecule has 0 amide bonds. The first-order chi connectivity index (χ1) is 11.5. The number of nitrogens with zero attached hydrogens (tertiary/aromatic N) is 1. The predicted molar refractivity (Wildman–Crippen MR) is 99.6 cm³/mol. The Hall–Kier alpha value is -1.56. The first kappa shape index (κ1) is 17.3. The predicted octanol–water partition coefficient (Wildman–Crippen LogP) is 3.94. The summed E-state index contributed by atoms with van der Waals surface area (Å²) in [6, 6.07) is 13.1. The molecule has 0 saturated carbocycles. The molecule has 0 fully saturated rings. The first-order valence-corrected chi connectivity index (χ1v) is 8.82. The molecule has 1 aliphatic heterocycles. The number of fused-ring (bicyclic) bond motifs is 1. The van der Waals surface area contributed by atoms with Gasteiger partial charge < -0.3 is 9.47 Å². The summed E-state index contributed by atoms with van der Waals surface area (Å²) in [5.41, 5.74) is 7.33. The van der Waals surface area contributed by atoms with Crippen molar-refractivity contribution in [2.24, 2.45) is 0 Å². The number of ether oxygens (including phenoxy) is 2. The summed E-state index contributed by atoms with van der Waals surface area (Å²) in [6.45, 7) is 2.20. The third-order valence-corrected chi connectivity index (χ3v) is 4.99. The number of hydrazine groups is 1. The smallest absolute Gasteiger partial charge is 0.161 e. The molecule has 0 saturated heterocycles. The van der Waals surface area contributed by atoms with Gasteiger partial charge in [-0.1, -0.05) is 28.1 Å². The first-order valence-electron chi connectivity index (χ1n) is 8.02. The van der Waals surface area contributed by atoms with E-state index in [0.717, 1.165) is 22.4 Å². The Balaban J connectivity index is 2.17. The van der Waals surface area contributed by atoms with Crippen LogP contribution in [0, 0.1) is 0 Å². The van der Waals surface area contributed by atoms with Crippen LogP contribution < -0.4 is 14.9 Å². The minimum atomic E-state index is 0.109. The molecule has 5 heteroatoms. The maximum Gasteiger partial charge on any atom is 0.161 e. The Bertz CT molecular complexity index is 718. The summed E-state index contributed by atoms with van der Waals surface area (Å²) < 4.78 is 12.1. The van der Waals surface area contributed by atoms with E-state index in [0.29, 0.717) is 6.04 Å². The van der Waals surface area contributed by atoms with Crippen molar-refractivity contribution in [1.82, 2.24) is 10.4 Å². The Kier molecular flexibility index (Phi) is 5.13. The number of benzene rings is 2. The standard InChI is InChI=1S/C19H23BrN2O2/c1-12-9-14-10-17(23-3)18(24-4)11-16(14)19(22(2)21-12)13-5-7-15(20)8-6-13/h5-8,10-12,19,21H,9H2,1-4H3/t12-,19?/m1/s1. The van der Waals surface area contributed by atoms with E-state index in [2.05, 4.69) is 76.7 Å². The monoisotopic (exact) mass is 390 g/mol. The van der Waals surface area contributed by atoms with Gasteiger partial charge in [0.1, 0.15) is 0 Å². The normalized spacial score (nSPS) is 21.0. The van der Waals surface area contributed by atoms with Crippen molar-refractivity contribution in [2.45, 2.75) is 25.4 Å². The number of methoxy groups -OCH3 is 2. The highest BCUT2D eigenvalue weighted by molar-refractivity contribution is 9.10. The molecule has 0 bridgehead atoms. The molecule has 1 aliphatic rings. The molecule has 2 atom stereocenters. The van der Waals surface area contributed by atoms with E-state index in [4.69, 9.17) is 9.47 Å². The molecule has 2 aromatic rings. The molecule has 3 rings (SSSR count). The summed E-state index contributed by atoms with van der Waals surface area (Å²) in [4.78, 5) is 0. The molecule has 0 spiro atoms. The van der Waals surface area contributed by atoms with Gasteiger partial charge in [-0.15, -0.1) is 0 Å². The van der Waals surface area contributed by atoms with Crippen LogP contribution in [0.4, 0.5) is 0 Å². The minimum absolute atomic E-state index is 0.109. The third kappa shape index (κ3) is 3.29. The number of rotatable bonds is 3. The van der Waals surface area contributed by atoms with Gasteiger partial charge in [-0.3, -0.25) is 5.43 Å². The van der Waals surface area contributed by atoms with E-state index in [1.54, 1.807) is 14.2 Å². The lowest BCUT2D eigenvalue weighted by Gasteiger charge is -2.29. The second-order valence-corrected chi connectivity index (χ2v) is 7.12. The highest BCUT2D eigenvalue weighted by atomic mass is 79.9. The van der Waals surface area contributed by atoms with Crippen LogP contribution in [0.3, 0.4) is 0 Å². The van der Waals surface area contributed by atoms with Gasteiger partial charge in [-0.25, -0.2) is 5.01 Å². The number of hydrogen-bond acceptors (Lipinski definition) is 4. The largest absolute Gasteiger partial charge is 0.493 e. The molecule has 0 aliphatic carbocycles. The van der Waals surface area contributed by atoms with Crippen molar-refractivity contribution >= 4 is 15.9 Å². The Labute approximate surface area is 151 Å². The number of nitrogens with one attached hydrogen (secondary N) is 1. The SMILES string of the molecule is COc1cc2c(cc1OC)C(c1ccc(Br)cc1)N(C)N[C@H](C)C2. The van der Waals surface area contributed by atoms with E-state index in [-0.39, 0.29) is 6.04 Å². The van der Waals surface area contributed by atoms with E-state index in [1.807, 2.05) is 0 Å². The lowest BCUT2D eigenvalue weighted by molar-refractivity contribution is 0.172. The quantitative estimate of drug-likeness (QED) is 0.860. The van der Waals surface area contributed by atoms with Gasteiger partial charge >= 0.3 is 0 Å². The zero-order valence-electron chi connectivity index (χ0n) is 14.5. The number of hydrogen-bond donors (Lipinski definition) is 1. The fourth-order valence-corrected chi connectivity index (χ4v) is 3.69. The van der Waals surface area contributed by atoms with E-state index in [1.165, 1.54) is 16.7 Å². The van der Waals surface area contributed by atoms with Crippen molar-refractivity contribution in [1.29, 1.82) is 0 Å². The van der Waals surface area contributed by atoms with E-state index >= 15 is 0 Å². The van der Waals surface area contributed by atoms with Crippen molar-refractivity contribution < 1.29 is 9.47 Å². The highest BCUT2D eigenvalue weighted by Gasteiger charge is 2.28. The molecular weight excluding hydrogens is 368 g/mol. The summed E-state index contributed by atoms with van der Waals surface area (Å²) >= 11 is 3.52. The Morgan fingerprint density at radius 1 is 1.08 bits per heavy atom. The van der Waals surface area contributed by atoms with Gasteiger partial charge in [0.15, 0.2) is 11.5 Å². The van der Waals surface area contributed by atoms with Gasteiger partial charge in [0.05, 0.1) is 20.3 Å². The van der Waals surface area contributed by atoms with Crippen molar-refractivity contribution in [2.75, 3.05) is 21.3 Å². The fraction of sp³-hybridized carbons (Fsp3) is 0.368. The third-order valence-electron chi connectivity index (χ3n) is 4.46. The van der Waals surface area contributed by atoms with Gasteiger partial charge in [-0.2, -0.15) is 0 Å². The maximum atomic E-state index is 5.54. The minimum Gasteiger partial charge on any atom is -0.493 e. The van der Waals surface area contributed by atoms with Gasteiger partial charge in [-0.05, 0) is 54.3 Å². The average Bonchev–Trinajstić information content (AvgIpc) is 2.68. The van der Waals surface area contributed by atoms with Crippen LogP contribution in [-0.2, 0) is 6.42 Å². The van der Waals surface area contributed by atoms with Gasteiger partial charge in [0.2, 0.25) is 0 Å². The van der Waals surface area contributed by atoms with E-state index < -0.39 is 0 Å². The molecule has 4 nitrogen and oxygen atoms in total. The topological polar surface area (TPSA) is 33.7 Å². The summed E-state index contributed by atoms with van der Waals surface area (Å²) in [5, 5.41) is 2.19. The molecule has 1 heterocycles. The molecule has 128 valence electrons. The summed E-state index contributed by atoms with van der Waals surface area (Å²) in [5.74, 6) is 1.55. The summed E-state index contributed by atoms with van der Waals surface area (Å²) in [7, 11) is 5.45. The van der Waals surface area contributed by atoms with Crippen LogP contribution in [-0.4, -0.2) is 32.3 Å². The highest BCUT2D eigenvalue weighted by Crippen LogP contribution is 2.39. The second kappa shape index (κ2) is 7.13. The van der Waals surface area contributed by atoms with E-state index in [9.17, 15) is 0 Å². The summed E-state index contributed by atoms with van der Waals surface area (Å²) in [6.07, 6.45) is 0.938. The molecule has 0 aromatic heterocycles. The van der Waals surface area contributed by atoms with Crippen LogP contribution in [0.25, 0.3) is 0 Å². The fourth-order valence-electron chi connectivity index (χ4n) is 3.42. The molecule has 24 heavy (non-hydrogen) atoms. The molecule has 1 unspecified atom stereocenters. The lowest BCUT2D eigenvalue weighted by Crippen LogP contribution is -2.42. The van der Waals surface area contributed by atoms with Crippen LogP contribution in [0.1, 0.15) is 29.7 Å². The van der Waals surface area contributed by atoms with Gasteiger partial charge in [0.25, 0.3) is 0 Å². The Morgan fingerprint density at radius 2 is 1.71 bits per heavy atom. The zero-order chi connectivity index (χ0) is 17.3.